The lowest BCUT2D eigenvalue weighted by Crippen LogP contribution is -2.40. The van der Waals surface area contributed by atoms with Crippen LogP contribution in [0.2, 0.25) is 0 Å². The van der Waals surface area contributed by atoms with Crippen LogP contribution in [-0.4, -0.2) is 40.0 Å². The number of hydrazine groups is 1. The molecule has 0 radical (unpaired) electrons. The van der Waals surface area contributed by atoms with E-state index < -0.39 is 10.8 Å². The van der Waals surface area contributed by atoms with Crippen LogP contribution >= 0.6 is 0 Å². The molecule has 0 aliphatic carbocycles. The lowest BCUT2D eigenvalue weighted by Gasteiger charge is -2.35. The van der Waals surface area contributed by atoms with Crippen molar-refractivity contribution in [2.24, 2.45) is 0 Å². The van der Waals surface area contributed by atoms with Gasteiger partial charge in [-0.2, -0.15) is 0 Å². The van der Waals surface area contributed by atoms with Crippen molar-refractivity contribution in [1.29, 1.82) is 0 Å². The topological polar surface area (TPSA) is 123 Å². The number of benzene rings is 1. The van der Waals surface area contributed by atoms with Gasteiger partial charge in [0, 0.05) is 12.6 Å². The van der Waals surface area contributed by atoms with Crippen molar-refractivity contribution in [2.45, 2.75) is 38.6 Å². The smallest absolute Gasteiger partial charge is 0.355 e. The largest absolute Gasteiger partial charge is 0.484 e. The third-order valence-electron chi connectivity index (χ3n) is 4.79. The highest BCUT2D eigenvalue weighted by atomic mass is 16.6. The molecule has 1 atom stereocenters. The van der Waals surface area contributed by atoms with Gasteiger partial charge in [-0.05, 0) is 37.8 Å². The first-order chi connectivity index (χ1) is 14.1. The molecule has 0 bridgehead atoms. The van der Waals surface area contributed by atoms with Crippen LogP contribution in [0.15, 0.2) is 36.7 Å². The maximum atomic E-state index is 12.0. The number of carbonyl (C=O) groups excluding carboxylic acids is 1. The zero-order valence-corrected chi connectivity index (χ0v) is 16.2. The molecule has 154 valence electrons. The number of aromatic nitrogens is 2. The monoisotopic (exact) mass is 400 g/mol. The second-order valence-corrected chi connectivity index (χ2v) is 6.68. The van der Waals surface area contributed by atoms with E-state index in [1.807, 2.05) is 11.0 Å². The molecule has 10 heteroatoms. The first-order valence-electron chi connectivity index (χ1n) is 9.59. The number of ether oxygens (including phenoxy) is 1. The van der Waals surface area contributed by atoms with Gasteiger partial charge in [-0.25, -0.2) is 9.97 Å². The fraction of sp³-hybridized carbons (Fsp3) is 0.421. The minimum Gasteiger partial charge on any atom is -0.484 e. The molecule has 1 aromatic carbocycles. The van der Waals surface area contributed by atoms with E-state index in [1.165, 1.54) is 6.33 Å². The first-order valence-corrected chi connectivity index (χ1v) is 9.59. The molecule has 1 fully saturated rings. The number of para-hydroxylation sites is 1. The van der Waals surface area contributed by atoms with Crippen LogP contribution in [0.1, 0.15) is 32.6 Å². The third-order valence-corrected chi connectivity index (χ3v) is 4.79. The molecule has 2 heterocycles. The van der Waals surface area contributed by atoms with E-state index in [9.17, 15) is 14.9 Å². The fourth-order valence-electron chi connectivity index (χ4n) is 3.37. The fourth-order valence-corrected chi connectivity index (χ4v) is 3.37. The normalized spacial score (nSPS) is 16.2. The van der Waals surface area contributed by atoms with E-state index in [4.69, 9.17) is 4.74 Å². The zero-order chi connectivity index (χ0) is 20.6. The minimum absolute atomic E-state index is 0.0616. The van der Waals surface area contributed by atoms with Gasteiger partial charge in [0.25, 0.3) is 5.91 Å². The minimum atomic E-state index is -0.522. The summed E-state index contributed by atoms with van der Waals surface area (Å²) in [6.07, 6.45) is 5.15. The molecule has 1 aliphatic rings. The highest BCUT2D eigenvalue weighted by molar-refractivity contribution is 5.80. The van der Waals surface area contributed by atoms with Crippen LogP contribution in [-0.2, 0) is 4.79 Å². The molecule has 1 unspecified atom stereocenters. The predicted molar refractivity (Wildman–Crippen MR) is 108 cm³/mol. The van der Waals surface area contributed by atoms with Crippen LogP contribution < -0.4 is 20.5 Å². The average molecular weight is 400 g/mol. The van der Waals surface area contributed by atoms with Gasteiger partial charge < -0.3 is 9.64 Å². The van der Waals surface area contributed by atoms with E-state index in [2.05, 4.69) is 27.7 Å². The number of hydrogen-bond acceptors (Lipinski definition) is 8. The van der Waals surface area contributed by atoms with Gasteiger partial charge >= 0.3 is 5.69 Å². The highest BCUT2D eigenvalue weighted by Gasteiger charge is 2.31. The summed E-state index contributed by atoms with van der Waals surface area (Å²) in [4.78, 5) is 33.4. The van der Waals surface area contributed by atoms with Crippen LogP contribution in [0.4, 0.5) is 17.3 Å². The zero-order valence-electron chi connectivity index (χ0n) is 16.2. The van der Waals surface area contributed by atoms with Gasteiger partial charge in [0.15, 0.2) is 6.61 Å². The Hall–Kier alpha value is -3.43. The van der Waals surface area contributed by atoms with Gasteiger partial charge in [0.2, 0.25) is 11.6 Å². The number of anilines is 2. The maximum absolute atomic E-state index is 12.0. The van der Waals surface area contributed by atoms with Crippen molar-refractivity contribution < 1.29 is 14.5 Å². The Bertz CT molecular complexity index is 848. The van der Waals surface area contributed by atoms with Gasteiger partial charge in [0.05, 0.1) is 4.92 Å². The Morgan fingerprint density at radius 2 is 2.10 bits per heavy atom. The highest BCUT2D eigenvalue weighted by Crippen LogP contribution is 2.35. The Balaban J connectivity index is 1.70. The molecule has 1 aromatic heterocycles. The van der Waals surface area contributed by atoms with E-state index in [0.29, 0.717) is 12.3 Å². The Labute approximate surface area is 168 Å². The lowest BCUT2D eigenvalue weighted by atomic mass is 10.00. The van der Waals surface area contributed by atoms with Crippen LogP contribution in [0.5, 0.6) is 5.75 Å². The maximum Gasteiger partial charge on any atom is 0.355 e. The summed E-state index contributed by atoms with van der Waals surface area (Å²) in [6, 6.07) is 9.07. The summed E-state index contributed by atoms with van der Waals surface area (Å²) in [5.74, 6) is 0.267. The summed E-state index contributed by atoms with van der Waals surface area (Å²) in [7, 11) is 0. The van der Waals surface area contributed by atoms with Crippen molar-refractivity contribution in [3.63, 3.8) is 0 Å². The molecule has 29 heavy (non-hydrogen) atoms. The Morgan fingerprint density at radius 1 is 1.31 bits per heavy atom. The summed E-state index contributed by atoms with van der Waals surface area (Å²) in [6.45, 7) is 2.52. The molecule has 1 saturated heterocycles. The van der Waals surface area contributed by atoms with Gasteiger partial charge in [0.1, 0.15) is 12.1 Å². The summed E-state index contributed by atoms with van der Waals surface area (Å²) in [5, 5.41) is 11.8. The third kappa shape index (κ3) is 5.09. The molecule has 3 rings (SSSR count). The number of piperidine rings is 1. The van der Waals surface area contributed by atoms with E-state index in [1.54, 1.807) is 24.3 Å². The number of rotatable bonds is 8. The number of carbonyl (C=O) groups is 1. The van der Waals surface area contributed by atoms with Crippen molar-refractivity contribution in [3.8, 4) is 5.75 Å². The van der Waals surface area contributed by atoms with Crippen LogP contribution in [0, 0.1) is 10.1 Å². The van der Waals surface area contributed by atoms with Gasteiger partial charge in [-0.1, -0.05) is 25.1 Å². The number of nitro groups is 1. The molecule has 1 amide bonds. The lowest BCUT2D eigenvalue weighted by molar-refractivity contribution is -0.383. The van der Waals surface area contributed by atoms with Crippen LogP contribution in [0.3, 0.4) is 0 Å². The molecule has 0 saturated carbocycles. The van der Waals surface area contributed by atoms with E-state index >= 15 is 0 Å². The van der Waals surface area contributed by atoms with Crippen LogP contribution in [0.25, 0.3) is 0 Å². The average Bonchev–Trinajstić information content (AvgIpc) is 2.76. The number of nitrogens with zero attached hydrogens (tertiary/aromatic N) is 4. The molecule has 1 aliphatic heterocycles. The molecule has 10 nitrogen and oxygen atoms in total. The number of hydrogen-bond donors (Lipinski definition) is 2. The summed E-state index contributed by atoms with van der Waals surface area (Å²) in [5.41, 5.74) is 4.68. The van der Waals surface area contributed by atoms with Crippen molar-refractivity contribution >= 4 is 23.2 Å². The molecular formula is C19H24N6O4. The van der Waals surface area contributed by atoms with Crippen molar-refractivity contribution in [3.05, 3.63) is 46.8 Å². The standard InChI is InChI=1S/C19H24N6O4/c1-2-14-8-6-7-11-24(14)19-17(25(27)28)18(20-13-21-19)23-22-16(26)12-29-15-9-4-3-5-10-15/h3-5,9-10,13-14H,2,6-8,11-12H2,1H3,(H,22,26)(H,20,21,23). The molecule has 2 N–H and O–H groups in total. The first kappa shape index (κ1) is 20.3. The van der Waals surface area contributed by atoms with Gasteiger partial charge in [-0.15, -0.1) is 0 Å². The number of nitrogens with one attached hydrogen (secondary N) is 2. The predicted octanol–water partition coefficient (Wildman–Crippen LogP) is 2.68. The molecular weight excluding hydrogens is 376 g/mol. The van der Waals surface area contributed by atoms with Crippen molar-refractivity contribution in [2.75, 3.05) is 23.5 Å². The Kier molecular flexibility index (Phi) is 6.77. The summed E-state index contributed by atoms with van der Waals surface area (Å²) < 4.78 is 5.35. The second-order valence-electron chi connectivity index (χ2n) is 6.68. The van der Waals surface area contributed by atoms with Crippen molar-refractivity contribution in [1.82, 2.24) is 15.4 Å². The van der Waals surface area contributed by atoms with E-state index in [-0.39, 0.29) is 30.0 Å². The number of amides is 1. The Morgan fingerprint density at radius 3 is 2.83 bits per heavy atom. The second kappa shape index (κ2) is 9.67. The SMILES string of the molecule is CCC1CCCCN1c1ncnc(NNC(=O)COc2ccccc2)c1[N+](=O)[O-]. The quantitative estimate of drug-likeness (QED) is 0.512. The molecule has 0 spiro atoms. The van der Waals surface area contributed by atoms with E-state index in [0.717, 1.165) is 25.7 Å². The molecule has 2 aromatic rings. The van der Waals surface area contributed by atoms with Gasteiger partial charge in [-0.3, -0.25) is 25.8 Å². The summed E-state index contributed by atoms with van der Waals surface area (Å²) >= 11 is 0.